The Morgan fingerprint density at radius 2 is 1.76 bits per heavy atom. The topological polar surface area (TPSA) is 32.3 Å². The van der Waals surface area contributed by atoms with Gasteiger partial charge in [-0.25, -0.2) is 0 Å². The van der Waals surface area contributed by atoms with E-state index in [0.29, 0.717) is 6.54 Å². The molecule has 1 aromatic rings. The summed E-state index contributed by atoms with van der Waals surface area (Å²) in [5.74, 6) is 0. The Morgan fingerprint density at radius 3 is 2.24 bits per heavy atom. The van der Waals surface area contributed by atoms with Crippen LogP contribution in [0.1, 0.15) is 38.8 Å². The van der Waals surface area contributed by atoms with E-state index in [-0.39, 0.29) is 11.5 Å². The second kappa shape index (κ2) is 6.18. The molecule has 96 valence electrons. The molecule has 0 amide bonds. The summed E-state index contributed by atoms with van der Waals surface area (Å²) in [7, 11) is 0. The average Bonchev–Trinajstić information content (AvgIpc) is 2.26. The van der Waals surface area contributed by atoms with Gasteiger partial charge in [0.05, 0.1) is 6.10 Å². The largest absolute Gasteiger partial charge is 0.391 e. The van der Waals surface area contributed by atoms with E-state index >= 15 is 0 Å². The minimum absolute atomic E-state index is 0.195. The Bertz CT molecular complexity index is 324. The number of nitrogens with one attached hydrogen (secondary N) is 1. The van der Waals surface area contributed by atoms with Crippen molar-refractivity contribution in [1.29, 1.82) is 0 Å². The van der Waals surface area contributed by atoms with Gasteiger partial charge in [0.2, 0.25) is 0 Å². The summed E-state index contributed by atoms with van der Waals surface area (Å²) in [4.78, 5) is 0. The van der Waals surface area contributed by atoms with Crippen LogP contribution in [0.5, 0.6) is 0 Å². The quantitative estimate of drug-likeness (QED) is 0.822. The van der Waals surface area contributed by atoms with E-state index in [4.69, 9.17) is 0 Å². The van der Waals surface area contributed by atoms with Crippen molar-refractivity contribution >= 4 is 0 Å². The van der Waals surface area contributed by atoms with Gasteiger partial charge in [-0.2, -0.15) is 0 Å². The van der Waals surface area contributed by atoms with Crippen molar-refractivity contribution in [3.8, 4) is 0 Å². The molecular weight excluding hydrogens is 210 g/mol. The highest BCUT2D eigenvalue weighted by Crippen LogP contribution is 2.22. The monoisotopic (exact) mass is 235 g/mol. The lowest BCUT2D eigenvalue weighted by Crippen LogP contribution is -2.28. The zero-order valence-electron chi connectivity index (χ0n) is 11.5. The van der Waals surface area contributed by atoms with Gasteiger partial charge in [0.1, 0.15) is 0 Å². The van der Waals surface area contributed by atoms with Crippen molar-refractivity contribution in [2.75, 3.05) is 13.1 Å². The molecule has 0 aliphatic rings. The third-order valence-electron chi connectivity index (χ3n) is 2.92. The molecule has 0 spiro atoms. The summed E-state index contributed by atoms with van der Waals surface area (Å²) in [6.07, 6.45) is 0.424. The van der Waals surface area contributed by atoms with Crippen LogP contribution in [0, 0.1) is 0 Å². The van der Waals surface area contributed by atoms with Crippen molar-refractivity contribution in [3.63, 3.8) is 0 Å². The lowest BCUT2D eigenvalue weighted by molar-refractivity contribution is 0.172. The van der Waals surface area contributed by atoms with Crippen LogP contribution in [0.4, 0.5) is 0 Å². The van der Waals surface area contributed by atoms with Gasteiger partial charge in [-0.05, 0) is 29.5 Å². The molecule has 0 aliphatic carbocycles. The molecule has 2 nitrogen and oxygen atoms in total. The number of aliphatic hydroxyl groups is 1. The molecule has 2 heteroatoms. The molecule has 0 fully saturated rings. The van der Waals surface area contributed by atoms with Gasteiger partial charge in [-0.1, -0.05) is 52.0 Å². The van der Waals surface area contributed by atoms with E-state index in [1.54, 1.807) is 0 Å². The van der Waals surface area contributed by atoms with E-state index in [9.17, 15) is 5.11 Å². The number of aliphatic hydroxyl groups excluding tert-OH is 1. The van der Waals surface area contributed by atoms with Gasteiger partial charge in [0.25, 0.3) is 0 Å². The molecule has 17 heavy (non-hydrogen) atoms. The molecule has 0 saturated carbocycles. The zero-order chi connectivity index (χ0) is 12.9. The summed E-state index contributed by atoms with van der Waals surface area (Å²) in [6, 6.07) is 8.57. The number of hydrogen-bond acceptors (Lipinski definition) is 2. The fraction of sp³-hybridized carbons (Fsp3) is 0.600. The van der Waals surface area contributed by atoms with Crippen molar-refractivity contribution in [2.24, 2.45) is 0 Å². The number of rotatable bonds is 5. The van der Waals surface area contributed by atoms with Crippen LogP contribution in [-0.2, 0) is 11.8 Å². The maximum Gasteiger partial charge on any atom is 0.0704 e. The highest BCUT2D eigenvalue weighted by molar-refractivity contribution is 5.27. The van der Waals surface area contributed by atoms with Gasteiger partial charge in [-0.3, -0.25) is 0 Å². The number of benzene rings is 1. The number of likely N-dealkylation sites (N-methyl/N-ethyl adjacent to an activating group) is 1. The molecular formula is C15H25NO. The number of hydrogen-bond donors (Lipinski definition) is 2. The third kappa shape index (κ3) is 4.88. The maximum absolute atomic E-state index is 9.80. The molecule has 0 saturated heterocycles. The van der Waals surface area contributed by atoms with Gasteiger partial charge >= 0.3 is 0 Å². The van der Waals surface area contributed by atoms with Gasteiger partial charge in [0.15, 0.2) is 0 Å². The summed E-state index contributed by atoms with van der Waals surface area (Å²) in [5.41, 5.74) is 2.73. The van der Waals surface area contributed by atoms with E-state index in [1.165, 1.54) is 11.1 Å². The molecule has 1 rings (SSSR count). The van der Waals surface area contributed by atoms with Crippen molar-refractivity contribution in [3.05, 3.63) is 35.4 Å². The molecule has 0 aliphatic heterocycles. The maximum atomic E-state index is 9.80. The second-order valence-corrected chi connectivity index (χ2v) is 5.61. The minimum atomic E-state index is -0.296. The Hall–Kier alpha value is -0.860. The molecule has 1 atom stereocenters. The first-order valence-electron chi connectivity index (χ1n) is 6.41. The Labute approximate surface area is 105 Å². The van der Waals surface area contributed by atoms with Crippen LogP contribution in [0.2, 0.25) is 0 Å². The first-order chi connectivity index (χ1) is 7.93. The van der Waals surface area contributed by atoms with Crippen LogP contribution in [-0.4, -0.2) is 24.3 Å². The molecule has 0 bridgehead atoms. The predicted molar refractivity (Wildman–Crippen MR) is 73.4 cm³/mol. The molecule has 2 N–H and O–H groups in total. The summed E-state index contributed by atoms with van der Waals surface area (Å²) in [5, 5.41) is 13.0. The van der Waals surface area contributed by atoms with Crippen LogP contribution in [0.15, 0.2) is 24.3 Å². The zero-order valence-corrected chi connectivity index (χ0v) is 11.5. The van der Waals surface area contributed by atoms with E-state index in [2.05, 4.69) is 50.4 Å². The first kappa shape index (κ1) is 14.2. The van der Waals surface area contributed by atoms with Crippen LogP contribution in [0.3, 0.4) is 0 Å². The Morgan fingerprint density at radius 1 is 1.18 bits per heavy atom. The van der Waals surface area contributed by atoms with E-state index < -0.39 is 0 Å². The Kier molecular flexibility index (Phi) is 5.16. The summed E-state index contributed by atoms with van der Waals surface area (Å²) >= 11 is 0. The minimum Gasteiger partial charge on any atom is -0.391 e. The van der Waals surface area contributed by atoms with Crippen LogP contribution >= 0.6 is 0 Å². The average molecular weight is 235 g/mol. The molecule has 1 unspecified atom stereocenters. The van der Waals surface area contributed by atoms with E-state index in [1.807, 2.05) is 6.92 Å². The van der Waals surface area contributed by atoms with Crippen molar-refractivity contribution in [1.82, 2.24) is 5.32 Å². The first-order valence-corrected chi connectivity index (χ1v) is 6.41. The van der Waals surface area contributed by atoms with Gasteiger partial charge < -0.3 is 10.4 Å². The fourth-order valence-corrected chi connectivity index (χ4v) is 1.80. The normalized spacial score (nSPS) is 13.7. The van der Waals surface area contributed by atoms with Crippen molar-refractivity contribution < 1.29 is 5.11 Å². The smallest absolute Gasteiger partial charge is 0.0704 e. The molecule has 0 aromatic heterocycles. The lowest BCUT2D eigenvalue weighted by atomic mass is 9.86. The molecule has 0 heterocycles. The highest BCUT2D eigenvalue weighted by atomic mass is 16.3. The SMILES string of the molecule is CCNCC(O)Cc1ccc(C(C)(C)C)cc1. The fourth-order valence-electron chi connectivity index (χ4n) is 1.80. The molecule has 0 radical (unpaired) electrons. The van der Waals surface area contributed by atoms with Gasteiger partial charge in [-0.15, -0.1) is 0 Å². The summed E-state index contributed by atoms with van der Waals surface area (Å²) < 4.78 is 0. The highest BCUT2D eigenvalue weighted by Gasteiger charge is 2.13. The standard InChI is InChI=1S/C15H25NO/c1-5-16-11-14(17)10-12-6-8-13(9-7-12)15(2,3)4/h6-9,14,16-17H,5,10-11H2,1-4H3. The van der Waals surface area contributed by atoms with E-state index in [0.717, 1.165) is 13.0 Å². The predicted octanol–water partition coefficient (Wildman–Crippen LogP) is 2.50. The van der Waals surface area contributed by atoms with Crippen LogP contribution in [0.25, 0.3) is 0 Å². The third-order valence-corrected chi connectivity index (χ3v) is 2.92. The lowest BCUT2D eigenvalue weighted by Gasteiger charge is -2.19. The van der Waals surface area contributed by atoms with Gasteiger partial charge in [0, 0.05) is 6.54 Å². The molecule has 1 aromatic carbocycles. The summed E-state index contributed by atoms with van der Waals surface area (Å²) in [6.45, 7) is 10.2. The van der Waals surface area contributed by atoms with Crippen LogP contribution < -0.4 is 5.32 Å². The van der Waals surface area contributed by atoms with Crippen molar-refractivity contribution in [2.45, 2.75) is 45.6 Å². The second-order valence-electron chi connectivity index (χ2n) is 5.61. The Balaban J connectivity index is 2.56.